The van der Waals surface area contributed by atoms with Crippen LogP contribution < -0.4 is 0 Å². The van der Waals surface area contributed by atoms with Crippen LogP contribution in [0.2, 0.25) is 0 Å². The van der Waals surface area contributed by atoms with E-state index in [9.17, 15) is 4.79 Å². The van der Waals surface area contributed by atoms with Crippen LogP contribution in [0, 0.1) is 11.8 Å². The van der Waals surface area contributed by atoms with E-state index in [4.69, 9.17) is 0 Å². The Morgan fingerprint density at radius 2 is 2.00 bits per heavy atom. The first kappa shape index (κ1) is 15.2. The van der Waals surface area contributed by atoms with Crippen LogP contribution in [0.25, 0.3) is 0 Å². The summed E-state index contributed by atoms with van der Waals surface area (Å²) >= 11 is 0. The molecule has 2 fully saturated rings. The molecule has 2 aliphatic rings. The number of nitrogens with zero attached hydrogens (tertiary/aromatic N) is 3. The molecule has 0 unspecified atom stereocenters. The third-order valence-electron chi connectivity index (χ3n) is 4.99. The Morgan fingerprint density at radius 1 is 1.32 bits per heavy atom. The molecule has 4 nitrogen and oxygen atoms in total. The standard InChI is InChI=1S/C18H25N3O/c1-14(2)18(22)21-12-16-5-8-20(9-6-17(16)13-21)11-15-4-3-7-19-10-15/h3-4,7,10,16-17H,1,5-6,8-9,11-13H2,2H3/t16-,17+. The Hall–Kier alpha value is -1.68. The lowest BCUT2D eigenvalue weighted by atomic mass is 9.92. The molecule has 0 aromatic carbocycles. The molecular weight excluding hydrogens is 274 g/mol. The zero-order chi connectivity index (χ0) is 15.5. The highest BCUT2D eigenvalue weighted by Crippen LogP contribution is 2.32. The Morgan fingerprint density at radius 3 is 2.55 bits per heavy atom. The zero-order valence-corrected chi connectivity index (χ0v) is 13.4. The van der Waals surface area contributed by atoms with E-state index in [1.54, 1.807) is 0 Å². The third kappa shape index (κ3) is 3.38. The number of carbonyl (C=O) groups is 1. The van der Waals surface area contributed by atoms with Crippen molar-refractivity contribution in [3.63, 3.8) is 0 Å². The summed E-state index contributed by atoms with van der Waals surface area (Å²) < 4.78 is 0. The monoisotopic (exact) mass is 299 g/mol. The van der Waals surface area contributed by atoms with Gasteiger partial charge in [-0.3, -0.25) is 14.7 Å². The minimum Gasteiger partial charge on any atom is -0.338 e. The van der Waals surface area contributed by atoms with Crippen molar-refractivity contribution >= 4 is 5.91 Å². The van der Waals surface area contributed by atoms with E-state index in [1.165, 1.54) is 18.4 Å². The largest absolute Gasteiger partial charge is 0.338 e. The molecule has 4 heteroatoms. The minimum atomic E-state index is 0.139. The van der Waals surface area contributed by atoms with Gasteiger partial charge in [0.1, 0.15) is 0 Å². The van der Waals surface area contributed by atoms with Crippen molar-refractivity contribution in [1.29, 1.82) is 0 Å². The number of amides is 1. The van der Waals surface area contributed by atoms with Gasteiger partial charge in [-0.2, -0.15) is 0 Å². The van der Waals surface area contributed by atoms with Crippen LogP contribution in [-0.2, 0) is 11.3 Å². The number of likely N-dealkylation sites (tertiary alicyclic amines) is 2. The topological polar surface area (TPSA) is 36.4 Å². The number of aromatic nitrogens is 1. The van der Waals surface area contributed by atoms with Crippen LogP contribution in [0.5, 0.6) is 0 Å². The normalized spacial score (nSPS) is 25.6. The van der Waals surface area contributed by atoms with E-state index < -0.39 is 0 Å². The van der Waals surface area contributed by atoms with Crippen LogP contribution in [0.1, 0.15) is 25.3 Å². The molecule has 0 N–H and O–H groups in total. The first-order valence-corrected chi connectivity index (χ1v) is 8.19. The van der Waals surface area contributed by atoms with Gasteiger partial charge in [0.05, 0.1) is 0 Å². The zero-order valence-electron chi connectivity index (χ0n) is 13.4. The Bertz CT molecular complexity index is 527. The van der Waals surface area contributed by atoms with Crippen molar-refractivity contribution in [2.24, 2.45) is 11.8 Å². The Balaban J connectivity index is 1.56. The van der Waals surface area contributed by atoms with E-state index in [1.807, 2.05) is 30.3 Å². The first-order chi connectivity index (χ1) is 10.6. The molecule has 0 spiro atoms. The summed E-state index contributed by atoms with van der Waals surface area (Å²) in [6.45, 7) is 10.6. The molecule has 22 heavy (non-hydrogen) atoms. The maximum absolute atomic E-state index is 12.1. The fourth-order valence-electron chi connectivity index (χ4n) is 3.75. The lowest BCUT2D eigenvalue weighted by molar-refractivity contribution is -0.126. The van der Waals surface area contributed by atoms with Crippen molar-refractivity contribution in [2.75, 3.05) is 26.2 Å². The number of fused-ring (bicyclic) bond motifs is 1. The van der Waals surface area contributed by atoms with Gasteiger partial charge < -0.3 is 4.90 Å². The molecule has 3 rings (SSSR count). The summed E-state index contributed by atoms with van der Waals surface area (Å²) in [7, 11) is 0. The van der Waals surface area contributed by atoms with Crippen LogP contribution in [-0.4, -0.2) is 46.9 Å². The van der Waals surface area contributed by atoms with Crippen molar-refractivity contribution in [1.82, 2.24) is 14.8 Å². The number of hydrogen-bond donors (Lipinski definition) is 0. The summed E-state index contributed by atoms with van der Waals surface area (Å²) in [6, 6.07) is 4.15. The summed E-state index contributed by atoms with van der Waals surface area (Å²) in [6.07, 6.45) is 6.15. The predicted octanol–water partition coefficient (Wildman–Crippen LogP) is 2.33. The molecule has 2 aliphatic heterocycles. The van der Waals surface area contributed by atoms with Gasteiger partial charge in [0.2, 0.25) is 5.91 Å². The van der Waals surface area contributed by atoms with Gasteiger partial charge in [-0.05, 0) is 56.3 Å². The van der Waals surface area contributed by atoms with Gasteiger partial charge in [0.25, 0.3) is 0 Å². The molecule has 0 aliphatic carbocycles. The molecule has 2 saturated heterocycles. The average Bonchev–Trinajstić information content (AvgIpc) is 2.84. The molecule has 1 aromatic rings. The van der Waals surface area contributed by atoms with E-state index in [2.05, 4.69) is 22.5 Å². The quantitative estimate of drug-likeness (QED) is 0.804. The van der Waals surface area contributed by atoms with Crippen molar-refractivity contribution < 1.29 is 4.79 Å². The molecule has 2 atom stereocenters. The maximum Gasteiger partial charge on any atom is 0.248 e. The van der Waals surface area contributed by atoms with E-state index >= 15 is 0 Å². The van der Waals surface area contributed by atoms with Crippen molar-refractivity contribution in [3.05, 3.63) is 42.2 Å². The highest BCUT2D eigenvalue weighted by atomic mass is 16.2. The lowest BCUT2D eigenvalue weighted by Crippen LogP contribution is -2.31. The second-order valence-electron chi connectivity index (χ2n) is 6.73. The number of pyridine rings is 1. The molecule has 0 radical (unpaired) electrons. The summed E-state index contributed by atoms with van der Waals surface area (Å²) in [5.74, 6) is 1.45. The van der Waals surface area contributed by atoms with Gasteiger partial charge >= 0.3 is 0 Å². The Labute approximate surface area is 132 Å². The molecule has 1 aromatic heterocycles. The molecular formula is C18H25N3O. The highest BCUT2D eigenvalue weighted by molar-refractivity contribution is 5.92. The minimum absolute atomic E-state index is 0.139. The molecule has 1 amide bonds. The van der Waals surface area contributed by atoms with E-state index in [-0.39, 0.29) is 5.91 Å². The SMILES string of the molecule is C=C(C)C(=O)N1C[C@H]2CCN(Cc3cccnc3)CC[C@H]2C1. The van der Waals surface area contributed by atoms with Gasteiger partial charge in [0.15, 0.2) is 0 Å². The summed E-state index contributed by atoms with van der Waals surface area (Å²) in [5.41, 5.74) is 1.95. The van der Waals surface area contributed by atoms with E-state index in [0.717, 1.165) is 32.7 Å². The fraction of sp³-hybridized carbons (Fsp3) is 0.556. The van der Waals surface area contributed by atoms with Crippen molar-refractivity contribution in [3.8, 4) is 0 Å². The van der Waals surface area contributed by atoms with Crippen LogP contribution >= 0.6 is 0 Å². The van der Waals surface area contributed by atoms with Gasteiger partial charge in [0, 0.05) is 37.6 Å². The van der Waals surface area contributed by atoms with Gasteiger partial charge in [-0.15, -0.1) is 0 Å². The molecule has 0 saturated carbocycles. The van der Waals surface area contributed by atoms with E-state index in [0.29, 0.717) is 17.4 Å². The number of carbonyl (C=O) groups excluding carboxylic acids is 1. The second-order valence-corrected chi connectivity index (χ2v) is 6.73. The average molecular weight is 299 g/mol. The first-order valence-electron chi connectivity index (χ1n) is 8.19. The van der Waals surface area contributed by atoms with Crippen LogP contribution in [0.3, 0.4) is 0 Å². The second kappa shape index (κ2) is 6.61. The summed E-state index contributed by atoms with van der Waals surface area (Å²) in [5, 5.41) is 0. The van der Waals surface area contributed by atoms with Crippen LogP contribution in [0.4, 0.5) is 0 Å². The van der Waals surface area contributed by atoms with Crippen LogP contribution in [0.15, 0.2) is 36.7 Å². The predicted molar refractivity (Wildman–Crippen MR) is 87.1 cm³/mol. The Kier molecular flexibility index (Phi) is 4.57. The fourth-order valence-corrected chi connectivity index (χ4v) is 3.75. The number of hydrogen-bond acceptors (Lipinski definition) is 3. The molecule has 3 heterocycles. The molecule has 0 bridgehead atoms. The maximum atomic E-state index is 12.1. The van der Waals surface area contributed by atoms with Gasteiger partial charge in [-0.25, -0.2) is 0 Å². The number of rotatable bonds is 3. The highest BCUT2D eigenvalue weighted by Gasteiger charge is 2.36. The van der Waals surface area contributed by atoms with Gasteiger partial charge in [-0.1, -0.05) is 12.6 Å². The third-order valence-corrected chi connectivity index (χ3v) is 4.99. The lowest BCUT2D eigenvalue weighted by Gasteiger charge is -2.22. The smallest absolute Gasteiger partial charge is 0.248 e. The molecule has 118 valence electrons. The summed E-state index contributed by atoms with van der Waals surface area (Å²) in [4.78, 5) is 20.8. The van der Waals surface area contributed by atoms with Crippen molar-refractivity contribution in [2.45, 2.75) is 26.3 Å².